The Labute approximate surface area is 34.0 Å². The molecular formula is C3FN2-. The SMILES string of the molecule is N#CC(F)=C=[N-]. The minimum atomic E-state index is -1.30. The summed E-state index contributed by atoms with van der Waals surface area (Å²) in [6, 6.07) is 1.00. The average molecular weight is 83.0 g/mol. The van der Waals surface area contributed by atoms with Gasteiger partial charge in [0.25, 0.3) is 0 Å². The highest BCUT2D eigenvalue weighted by molar-refractivity contribution is 5.62. The largest absolute Gasteiger partial charge is 0.760 e. The van der Waals surface area contributed by atoms with E-state index in [2.05, 4.69) is 0 Å². The molecule has 0 radical (unpaired) electrons. The van der Waals surface area contributed by atoms with E-state index < -0.39 is 5.83 Å². The van der Waals surface area contributed by atoms with Crippen LogP contribution < -0.4 is 0 Å². The van der Waals surface area contributed by atoms with Gasteiger partial charge in [0.15, 0.2) is 0 Å². The third-order valence-electron chi connectivity index (χ3n) is 0.196. The molecule has 0 aromatic rings. The number of nitrogens with zero attached hydrogens (tertiary/aromatic N) is 2. The smallest absolute Gasteiger partial charge is 0.219 e. The highest BCUT2D eigenvalue weighted by atomic mass is 19.1. The van der Waals surface area contributed by atoms with Gasteiger partial charge in [-0.25, -0.2) is 5.87 Å². The molecule has 0 aliphatic rings. The number of hydrogen-bond donors (Lipinski definition) is 0. The van der Waals surface area contributed by atoms with Crippen molar-refractivity contribution in [3.63, 3.8) is 0 Å². The van der Waals surface area contributed by atoms with Crippen LogP contribution in [0.3, 0.4) is 0 Å². The van der Waals surface area contributed by atoms with E-state index in [1.54, 1.807) is 0 Å². The monoisotopic (exact) mass is 83.0 g/mol. The van der Waals surface area contributed by atoms with Crippen LogP contribution in [0.1, 0.15) is 0 Å². The van der Waals surface area contributed by atoms with Crippen molar-refractivity contribution in [2.45, 2.75) is 0 Å². The molecule has 0 N–H and O–H groups in total. The first-order valence-electron chi connectivity index (χ1n) is 1.14. The Morgan fingerprint density at radius 2 is 2.33 bits per heavy atom. The molecule has 0 bridgehead atoms. The summed E-state index contributed by atoms with van der Waals surface area (Å²) in [7, 11) is 0. The van der Waals surface area contributed by atoms with E-state index in [-0.39, 0.29) is 0 Å². The van der Waals surface area contributed by atoms with Crippen LogP contribution in [-0.4, -0.2) is 5.87 Å². The molecule has 0 rings (SSSR count). The molecule has 0 heterocycles. The predicted molar refractivity (Wildman–Crippen MR) is 18.6 cm³/mol. The molecule has 0 spiro atoms. The molecule has 0 aliphatic heterocycles. The van der Waals surface area contributed by atoms with Gasteiger partial charge >= 0.3 is 0 Å². The van der Waals surface area contributed by atoms with Crippen molar-refractivity contribution in [1.29, 1.82) is 5.26 Å². The fourth-order valence-electron chi connectivity index (χ4n) is 0.0250. The zero-order chi connectivity index (χ0) is 4.99. The van der Waals surface area contributed by atoms with E-state index in [1.807, 2.05) is 0 Å². The maximum absolute atomic E-state index is 11.1. The van der Waals surface area contributed by atoms with E-state index in [0.717, 1.165) is 11.9 Å². The lowest BCUT2D eigenvalue weighted by Gasteiger charge is -1.66. The summed E-state index contributed by atoms with van der Waals surface area (Å²) in [5, 5.41) is 14.9. The first kappa shape index (κ1) is 4.87. The average Bonchev–Trinajstić information content (AvgIpc) is 1.65. The van der Waals surface area contributed by atoms with Crippen molar-refractivity contribution in [2.24, 2.45) is 0 Å². The number of halogens is 1. The second-order valence-corrected chi connectivity index (χ2v) is 0.538. The van der Waals surface area contributed by atoms with Crippen molar-refractivity contribution < 1.29 is 4.39 Å². The van der Waals surface area contributed by atoms with Crippen LogP contribution in [0.4, 0.5) is 4.39 Å². The third-order valence-corrected chi connectivity index (χ3v) is 0.196. The second-order valence-electron chi connectivity index (χ2n) is 0.538. The summed E-state index contributed by atoms with van der Waals surface area (Å²) >= 11 is 0. The van der Waals surface area contributed by atoms with Crippen LogP contribution in [0.25, 0.3) is 5.41 Å². The van der Waals surface area contributed by atoms with Gasteiger partial charge in [0, 0.05) is 0 Å². The zero-order valence-electron chi connectivity index (χ0n) is 2.77. The van der Waals surface area contributed by atoms with Crippen LogP contribution in [-0.2, 0) is 0 Å². The Balaban J connectivity index is 3.99. The van der Waals surface area contributed by atoms with Gasteiger partial charge in [-0.3, -0.25) is 0 Å². The molecular weight excluding hydrogens is 83.0 g/mol. The number of nitriles is 1. The summed E-state index contributed by atoms with van der Waals surface area (Å²) in [6.07, 6.45) is 0. The zero-order valence-corrected chi connectivity index (χ0v) is 2.77. The number of allylic oxidation sites excluding steroid dienone is 1. The summed E-state index contributed by atoms with van der Waals surface area (Å²) in [4.78, 5) is 0. The number of hydrogen-bond acceptors (Lipinski definition) is 1. The highest BCUT2D eigenvalue weighted by Gasteiger charge is 1.73. The van der Waals surface area contributed by atoms with E-state index in [0.29, 0.717) is 0 Å². The topological polar surface area (TPSA) is 46.1 Å². The number of rotatable bonds is 0. The fraction of sp³-hybridized carbons (Fsp3) is 0. The van der Waals surface area contributed by atoms with Gasteiger partial charge in [-0.15, -0.1) is 0 Å². The van der Waals surface area contributed by atoms with Crippen LogP contribution in [0.5, 0.6) is 0 Å². The molecule has 0 atom stereocenters. The maximum atomic E-state index is 11.1. The Kier molecular flexibility index (Phi) is 1.73. The van der Waals surface area contributed by atoms with Crippen molar-refractivity contribution >= 4 is 5.87 Å². The van der Waals surface area contributed by atoms with Crippen LogP contribution in [0, 0.1) is 11.3 Å². The molecule has 0 aliphatic carbocycles. The second kappa shape index (κ2) is 2.13. The van der Waals surface area contributed by atoms with Gasteiger partial charge in [0.1, 0.15) is 6.07 Å². The first-order valence-corrected chi connectivity index (χ1v) is 1.14. The van der Waals surface area contributed by atoms with E-state index in [1.165, 1.54) is 0 Å². The molecule has 6 heavy (non-hydrogen) atoms. The molecule has 2 nitrogen and oxygen atoms in total. The summed E-state index contributed by atoms with van der Waals surface area (Å²) < 4.78 is 11.1. The van der Waals surface area contributed by atoms with Crippen LogP contribution >= 0.6 is 0 Å². The van der Waals surface area contributed by atoms with Gasteiger partial charge in [0.05, 0.1) is 0 Å². The predicted octanol–water partition coefficient (Wildman–Crippen LogP) is 0.602. The van der Waals surface area contributed by atoms with Gasteiger partial charge in [-0.05, 0) is 0 Å². The molecule has 0 unspecified atom stereocenters. The fourth-order valence-corrected chi connectivity index (χ4v) is 0.0250. The quantitative estimate of drug-likeness (QED) is 0.312. The molecule has 0 aromatic carbocycles. The van der Waals surface area contributed by atoms with E-state index in [4.69, 9.17) is 10.7 Å². The van der Waals surface area contributed by atoms with Crippen molar-refractivity contribution in [2.75, 3.05) is 0 Å². The lowest BCUT2D eigenvalue weighted by molar-refractivity contribution is 0.685. The molecule has 30 valence electrons. The normalized spacial score (nSPS) is 5.33. The van der Waals surface area contributed by atoms with Gasteiger partial charge in [0.2, 0.25) is 5.83 Å². The van der Waals surface area contributed by atoms with E-state index in [9.17, 15) is 4.39 Å². The third kappa shape index (κ3) is 1.22. The summed E-state index contributed by atoms with van der Waals surface area (Å²) in [6.45, 7) is 0. The van der Waals surface area contributed by atoms with Gasteiger partial charge < -0.3 is 5.41 Å². The Hall–Kier alpha value is -1.13. The van der Waals surface area contributed by atoms with E-state index >= 15 is 0 Å². The molecule has 0 aromatic heterocycles. The van der Waals surface area contributed by atoms with Crippen molar-refractivity contribution in [1.82, 2.24) is 0 Å². The highest BCUT2D eigenvalue weighted by Crippen LogP contribution is 1.80. The Morgan fingerprint density at radius 3 is 2.33 bits per heavy atom. The lowest BCUT2D eigenvalue weighted by atomic mass is 10.7. The van der Waals surface area contributed by atoms with Crippen LogP contribution in [0.2, 0.25) is 0 Å². The minimum Gasteiger partial charge on any atom is -0.760 e. The van der Waals surface area contributed by atoms with Crippen molar-refractivity contribution in [3.8, 4) is 6.07 Å². The standard InChI is InChI=1S/C3FN2/c4-3(1-5)2-6/q-1. The molecule has 3 heteroatoms. The van der Waals surface area contributed by atoms with Crippen molar-refractivity contribution in [3.05, 3.63) is 11.2 Å². The van der Waals surface area contributed by atoms with Crippen LogP contribution in [0.15, 0.2) is 5.83 Å². The van der Waals surface area contributed by atoms with Gasteiger partial charge in [-0.1, -0.05) is 0 Å². The maximum Gasteiger partial charge on any atom is 0.219 e. The summed E-state index contributed by atoms with van der Waals surface area (Å²) in [5.41, 5.74) is 0. The first-order chi connectivity index (χ1) is 2.81. The van der Waals surface area contributed by atoms with Gasteiger partial charge in [-0.2, -0.15) is 9.65 Å². The molecule has 0 fully saturated rings. The molecule has 0 saturated heterocycles. The Bertz CT molecular complexity index is 126. The lowest BCUT2D eigenvalue weighted by Crippen LogP contribution is -1.57. The molecule has 0 saturated carbocycles. The minimum absolute atomic E-state index is 1.00. The Morgan fingerprint density at radius 1 is 1.83 bits per heavy atom. The molecule has 0 amide bonds. The summed E-state index contributed by atoms with van der Waals surface area (Å²) in [5.74, 6) is -0.293.